The molecule has 9 nitrogen and oxygen atoms in total. The predicted molar refractivity (Wildman–Crippen MR) is 160 cm³/mol. The van der Waals surface area contributed by atoms with Gasteiger partial charge in [0, 0.05) is 28.7 Å². The van der Waals surface area contributed by atoms with Gasteiger partial charge in [-0.25, -0.2) is 13.9 Å². The summed E-state index contributed by atoms with van der Waals surface area (Å²) in [6.07, 6.45) is 2.12. The summed E-state index contributed by atoms with van der Waals surface area (Å²) in [5.74, 6) is -0.484. The van der Waals surface area contributed by atoms with Crippen LogP contribution in [-0.2, 0) is 15.9 Å². The van der Waals surface area contributed by atoms with E-state index in [9.17, 15) is 14.6 Å². The second-order valence-electron chi connectivity index (χ2n) is 12.0. The molecule has 1 aliphatic rings. The third kappa shape index (κ3) is 5.29. The second-order valence-corrected chi connectivity index (χ2v) is 13.3. The van der Waals surface area contributed by atoms with Crippen LogP contribution in [0.25, 0.3) is 33.1 Å². The van der Waals surface area contributed by atoms with E-state index >= 15 is 4.39 Å². The highest BCUT2D eigenvalue weighted by Gasteiger charge is 2.37. The highest BCUT2D eigenvalue weighted by atomic mass is 32.2. The maximum absolute atomic E-state index is 16.5. The molecule has 1 fully saturated rings. The van der Waals surface area contributed by atoms with Gasteiger partial charge in [0.25, 0.3) is 5.03 Å². The van der Waals surface area contributed by atoms with Gasteiger partial charge in [-0.1, -0.05) is 23.4 Å². The highest BCUT2D eigenvalue weighted by Crippen LogP contribution is 2.39. The van der Waals surface area contributed by atoms with Crippen LogP contribution < -0.4 is 0 Å². The molecular formula is C31H35FN6O3S. The summed E-state index contributed by atoms with van der Waals surface area (Å²) in [6, 6.07) is 9.25. The number of amides is 1. The molecule has 1 unspecified atom stereocenters. The molecule has 0 aliphatic carbocycles. The molecule has 2 aromatic carbocycles. The lowest BCUT2D eigenvalue weighted by Gasteiger charge is -2.39. The molecule has 3 atom stereocenters. The van der Waals surface area contributed by atoms with Crippen LogP contribution in [-0.4, -0.2) is 60.0 Å². The Balaban J connectivity index is 1.66. The van der Waals surface area contributed by atoms with Gasteiger partial charge in [0.1, 0.15) is 22.9 Å². The molecule has 1 amide bonds. The van der Waals surface area contributed by atoms with Crippen LogP contribution in [0.1, 0.15) is 62.8 Å². The Hall–Kier alpha value is -3.75. The first kappa shape index (κ1) is 29.7. The number of aromatic nitrogens is 4. The second kappa shape index (κ2) is 11.2. The summed E-state index contributed by atoms with van der Waals surface area (Å²) in [5.41, 5.74) is 4.36. The van der Waals surface area contributed by atoms with E-state index in [-0.39, 0.29) is 23.0 Å². The van der Waals surface area contributed by atoms with Crippen molar-refractivity contribution in [1.29, 1.82) is 5.26 Å². The number of nitriles is 1. The lowest BCUT2D eigenvalue weighted by atomic mass is 9.92. The quantitative estimate of drug-likeness (QED) is 0.256. The third-order valence-electron chi connectivity index (χ3n) is 7.94. The molecule has 220 valence electrons. The Kier molecular flexibility index (Phi) is 7.89. The maximum atomic E-state index is 16.5. The number of piperidine rings is 1. The first-order valence-electron chi connectivity index (χ1n) is 14.0. The zero-order valence-corrected chi connectivity index (χ0v) is 25.8. The fraction of sp³-hybridized carbons (Fsp3) is 0.452. The third-order valence-corrected chi connectivity index (χ3v) is 8.77. The number of nitrogens with zero attached hydrogens (tertiary/aromatic N) is 6. The minimum Gasteiger partial charge on any atom is -0.610 e. The summed E-state index contributed by atoms with van der Waals surface area (Å²) in [5, 5.41) is 19.1. The molecule has 0 bridgehead atoms. The van der Waals surface area contributed by atoms with Crippen LogP contribution >= 0.6 is 0 Å². The average Bonchev–Trinajstić information content (AvgIpc) is 3.35. The van der Waals surface area contributed by atoms with Gasteiger partial charge < -0.3 is 14.2 Å². The van der Waals surface area contributed by atoms with E-state index in [1.54, 1.807) is 30.4 Å². The van der Waals surface area contributed by atoms with Gasteiger partial charge in [-0.05, 0) is 82.7 Å². The van der Waals surface area contributed by atoms with E-state index in [1.165, 1.54) is 6.26 Å². The number of rotatable bonds is 4. The number of hydrogen-bond donors (Lipinski definition) is 0. The van der Waals surface area contributed by atoms with Crippen molar-refractivity contribution >= 4 is 39.2 Å². The normalized spacial score (nSPS) is 18.3. The van der Waals surface area contributed by atoms with Crippen LogP contribution in [0.5, 0.6) is 0 Å². The number of carbonyl (C=O) groups is 1. The van der Waals surface area contributed by atoms with Gasteiger partial charge >= 0.3 is 6.09 Å². The molecule has 42 heavy (non-hydrogen) atoms. The smallest absolute Gasteiger partial charge is 0.410 e. The monoisotopic (exact) mass is 590 g/mol. The summed E-state index contributed by atoms with van der Waals surface area (Å²) in [7, 11) is 0. The van der Waals surface area contributed by atoms with Crippen molar-refractivity contribution in [2.24, 2.45) is 0 Å². The minimum atomic E-state index is -1.56. The van der Waals surface area contributed by atoms with Gasteiger partial charge in [0.2, 0.25) is 0 Å². The number of ether oxygens (including phenoxy) is 1. The highest BCUT2D eigenvalue weighted by molar-refractivity contribution is 7.90. The summed E-state index contributed by atoms with van der Waals surface area (Å²) in [4.78, 5) is 19.1. The van der Waals surface area contributed by atoms with Crippen LogP contribution in [0.2, 0.25) is 0 Å². The lowest BCUT2D eigenvalue weighted by Crippen LogP contribution is -2.48. The maximum Gasteiger partial charge on any atom is 0.410 e. The SMILES string of the molecule is Cc1cccc(-c2c(C)cc3c(nc([S+](C)[O-])c4nnn([C@H]5CCN(C(=O)OC(C)(C)C)[C@H](CC#N)C5)c43)c2F)c1C. The average molecular weight is 591 g/mol. The molecular weight excluding hydrogens is 555 g/mol. The zero-order chi connectivity index (χ0) is 30.5. The molecule has 11 heteroatoms. The fourth-order valence-electron chi connectivity index (χ4n) is 5.82. The molecule has 0 radical (unpaired) electrons. The number of likely N-dealkylation sites (tertiary alicyclic amines) is 1. The van der Waals surface area contributed by atoms with E-state index in [2.05, 4.69) is 21.4 Å². The molecule has 1 saturated heterocycles. The Morgan fingerprint density at radius 2 is 1.98 bits per heavy atom. The number of hydrogen-bond acceptors (Lipinski definition) is 7. The largest absolute Gasteiger partial charge is 0.610 e. The van der Waals surface area contributed by atoms with Gasteiger partial charge in [0.15, 0.2) is 11.3 Å². The summed E-state index contributed by atoms with van der Waals surface area (Å²) >= 11 is -1.56. The summed E-state index contributed by atoms with van der Waals surface area (Å²) in [6.45, 7) is 11.6. The Labute approximate surface area is 247 Å². The van der Waals surface area contributed by atoms with Crippen molar-refractivity contribution in [1.82, 2.24) is 24.9 Å². The van der Waals surface area contributed by atoms with E-state index < -0.39 is 34.7 Å². The Morgan fingerprint density at radius 3 is 2.64 bits per heavy atom. The Morgan fingerprint density at radius 1 is 1.24 bits per heavy atom. The summed E-state index contributed by atoms with van der Waals surface area (Å²) < 4.78 is 36.7. The van der Waals surface area contributed by atoms with Crippen LogP contribution in [0.3, 0.4) is 0 Å². The van der Waals surface area contributed by atoms with Crippen molar-refractivity contribution < 1.29 is 18.5 Å². The molecule has 3 heterocycles. The van der Waals surface area contributed by atoms with E-state index in [1.807, 2.05) is 45.0 Å². The first-order chi connectivity index (χ1) is 19.8. The predicted octanol–water partition coefficient (Wildman–Crippen LogP) is 6.30. The molecule has 4 aromatic rings. The first-order valence-corrected chi connectivity index (χ1v) is 15.5. The van der Waals surface area contributed by atoms with E-state index in [0.29, 0.717) is 41.4 Å². The zero-order valence-electron chi connectivity index (χ0n) is 25.0. The minimum absolute atomic E-state index is 0.109. The standard InChI is InChI=1S/C31H35FN6O3S/c1-17-9-8-10-22(19(17)3)24-18(2)15-23-26(25(24)32)34-29(42(7)40)27-28(23)38(36-35-27)21-12-14-37(20(16-21)11-13-33)30(39)41-31(4,5)6/h8-10,15,20-21H,11-12,14,16H2,1-7H3/t20-,21+,42?/m1/s1. The van der Waals surface area contributed by atoms with Crippen molar-refractivity contribution in [3.63, 3.8) is 0 Å². The van der Waals surface area contributed by atoms with Gasteiger partial charge in [0.05, 0.1) is 24.6 Å². The van der Waals surface area contributed by atoms with Crippen molar-refractivity contribution in [2.75, 3.05) is 12.8 Å². The molecule has 0 N–H and O–H groups in total. The number of aryl methyl sites for hydroxylation is 2. The Bertz CT molecular complexity index is 1740. The van der Waals surface area contributed by atoms with E-state index in [4.69, 9.17) is 4.74 Å². The van der Waals surface area contributed by atoms with Crippen molar-refractivity contribution in [3.8, 4) is 17.2 Å². The van der Waals surface area contributed by atoms with Crippen LogP contribution in [0, 0.1) is 37.9 Å². The van der Waals surface area contributed by atoms with Gasteiger partial charge in [-0.2, -0.15) is 10.2 Å². The number of pyridine rings is 1. The molecule has 2 aromatic heterocycles. The molecule has 5 rings (SSSR count). The van der Waals surface area contributed by atoms with E-state index in [0.717, 1.165) is 22.3 Å². The van der Waals surface area contributed by atoms with Crippen molar-refractivity contribution in [3.05, 3.63) is 46.8 Å². The number of fused-ring (bicyclic) bond motifs is 3. The van der Waals surface area contributed by atoms with Gasteiger partial charge in [-0.15, -0.1) is 5.10 Å². The topological polar surface area (TPSA) is 120 Å². The fourth-order valence-corrected chi connectivity index (χ4v) is 6.45. The number of halogens is 1. The molecule has 0 saturated carbocycles. The van der Waals surface area contributed by atoms with Crippen LogP contribution in [0.15, 0.2) is 29.3 Å². The number of carbonyl (C=O) groups excluding carboxylic acids is 1. The van der Waals surface area contributed by atoms with Gasteiger partial charge in [-0.3, -0.25) is 0 Å². The number of benzene rings is 2. The molecule has 1 aliphatic heterocycles. The van der Waals surface area contributed by atoms with Crippen molar-refractivity contribution in [2.45, 2.75) is 83.5 Å². The lowest BCUT2D eigenvalue weighted by molar-refractivity contribution is 0.00557. The van der Waals surface area contributed by atoms with Crippen LogP contribution in [0.4, 0.5) is 9.18 Å². The molecule has 0 spiro atoms.